The Morgan fingerprint density at radius 1 is 1.23 bits per heavy atom. The monoisotopic (exact) mass is 350 g/mol. The van der Waals surface area contributed by atoms with E-state index in [1.165, 1.54) is 0 Å². The molecule has 3 rings (SSSR count). The zero-order chi connectivity index (χ0) is 18.5. The first-order valence-electron chi connectivity index (χ1n) is 8.20. The summed E-state index contributed by atoms with van der Waals surface area (Å²) in [6.07, 6.45) is 0.836. The van der Waals surface area contributed by atoms with Crippen LogP contribution < -0.4 is 10.2 Å². The van der Waals surface area contributed by atoms with Crippen molar-refractivity contribution >= 4 is 24.0 Å². The van der Waals surface area contributed by atoms with Gasteiger partial charge >= 0.3 is 0 Å². The van der Waals surface area contributed by atoms with Gasteiger partial charge in [0.25, 0.3) is 5.91 Å². The second-order valence-electron chi connectivity index (χ2n) is 5.97. The third-order valence-electron chi connectivity index (χ3n) is 4.07. The second kappa shape index (κ2) is 7.61. The van der Waals surface area contributed by atoms with Crippen LogP contribution in [0.1, 0.15) is 21.7 Å². The molecule has 0 unspecified atom stereocenters. The van der Waals surface area contributed by atoms with Gasteiger partial charge in [0.2, 0.25) is 12.4 Å². The highest BCUT2D eigenvalue weighted by molar-refractivity contribution is 6.03. The lowest BCUT2D eigenvalue weighted by Gasteiger charge is -2.32. The van der Waals surface area contributed by atoms with Crippen molar-refractivity contribution in [1.82, 2.24) is 14.9 Å². The maximum atomic E-state index is 12.5. The summed E-state index contributed by atoms with van der Waals surface area (Å²) in [7, 11) is 0. The Kier molecular flexibility index (Phi) is 5.08. The summed E-state index contributed by atoms with van der Waals surface area (Å²) in [5.74, 6) is 0.116. The van der Waals surface area contributed by atoms with Crippen molar-refractivity contribution in [2.45, 2.75) is 6.92 Å². The van der Waals surface area contributed by atoms with Gasteiger partial charge in [-0.15, -0.1) is 0 Å². The highest BCUT2D eigenvalue weighted by atomic mass is 16.2. The van der Waals surface area contributed by atoms with E-state index in [1.807, 2.05) is 11.0 Å². The van der Waals surface area contributed by atoms with Crippen LogP contribution >= 0.6 is 0 Å². The van der Waals surface area contributed by atoms with Gasteiger partial charge in [-0.25, -0.2) is 9.97 Å². The smallest absolute Gasteiger partial charge is 0.274 e. The van der Waals surface area contributed by atoms with Gasteiger partial charge in [0, 0.05) is 37.6 Å². The molecule has 132 valence electrons. The highest BCUT2D eigenvalue weighted by Crippen LogP contribution is 2.15. The molecule has 0 radical (unpaired) electrons. The highest BCUT2D eigenvalue weighted by Gasteiger charge is 2.20. The maximum Gasteiger partial charge on any atom is 0.274 e. The number of aryl methyl sites for hydroxylation is 1. The molecule has 0 bridgehead atoms. The van der Waals surface area contributed by atoms with Crippen molar-refractivity contribution in [2.75, 3.05) is 36.4 Å². The van der Waals surface area contributed by atoms with Crippen molar-refractivity contribution in [3.63, 3.8) is 0 Å². The first kappa shape index (κ1) is 17.4. The molecular weight excluding hydrogens is 332 g/mol. The molecule has 0 aliphatic carbocycles. The molecule has 2 aromatic rings. The number of hydrogen-bond donors (Lipinski definition) is 1. The minimum absolute atomic E-state index is 0.257. The van der Waals surface area contributed by atoms with Crippen LogP contribution in [-0.2, 0) is 4.79 Å². The number of nitriles is 1. The molecule has 1 fully saturated rings. The Bertz CT molecular complexity index is 868. The number of carbonyl (C=O) groups is 2. The average molecular weight is 350 g/mol. The van der Waals surface area contributed by atoms with Crippen molar-refractivity contribution in [3.8, 4) is 6.07 Å². The van der Waals surface area contributed by atoms with Crippen LogP contribution in [0.2, 0.25) is 0 Å². The Labute approximate surface area is 151 Å². The molecule has 1 aromatic heterocycles. The summed E-state index contributed by atoms with van der Waals surface area (Å²) in [5, 5.41) is 11.7. The number of anilines is 2. The van der Waals surface area contributed by atoms with E-state index in [0.29, 0.717) is 49.1 Å². The Morgan fingerprint density at radius 3 is 2.69 bits per heavy atom. The fraction of sp³-hybridized carbons (Fsp3) is 0.278. The van der Waals surface area contributed by atoms with Gasteiger partial charge in [0.05, 0.1) is 11.6 Å². The molecular formula is C18H18N6O2. The minimum Gasteiger partial charge on any atom is -0.342 e. The third-order valence-corrected chi connectivity index (χ3v) is 4.07. The van der Waals surface area contributed by atoms with E-state index < -0.39 is 0 Å². The largest absolute Gasteiger partial charge is 0.342 e. The van der Waals surface area contributed by atoms with E-state index in [1.54, 1.807) is 42.2 Å². The molecule has 0 saturated carbocycles. The molecule has 2 heterocycles. The third kappa shape index (κ3) is 3.95. The number of amides is 2. The van der Waals surface area contributed by atoms with Crippen LogP contribution in [0, 0.1) is 18.3 Å². The number of nitrogens with zero attached hydrogens (tertiary/aromatic N) is 5. The predicted molar refractivity (Wildman–Crippen MR) is 95.7 cm³/mol. The zero-order valence-corrected chi connectivity index (χ0v) is 14.3. The lowest BCUT2D eigenvalue weighted by atomic mass is 10.2. The SMILES string of the molecule is Cc1cc(C(=O)Nc2cccc(C#N)c2)nc(N2CCN(C=O)CC2)n1. The molecule has 8 heteroatoms. The first-order chi connectivity index (χ1) is 12.6. The Hall–Kier alpha value is -3.47. The standard InChI is InChI=1S/C18H18N6O2/c1-13-9-16(17(26)21-15-4-2-3-14(10-15)11-19)22-18(20-13)24-7-5-23(12-25)6-8-24/h2-4,9-10,12H,5-8H2,1H3,(H,21,26). The summed E-state index contributed by atoms with van der Waals surface area (Å²) in [4.78, 5) is 35.8. The first-order valence-corrected chi connectivity index (χ1v) is 8.20. The van der Waals surface area contributed by atoms with Crippen LogP contribution in [0.5, 0.6) is 0 Å². The lowest BCUT2D eigenvalue weighted by Crippen LogP contribution is -2.46. The van der Waals surface area contributed by atoms with E-state index >= 15 is 0 Å². The van der Waals surface area contributed by atoms with Crippen LogP contribution in [0.15, 0.2) is 30.3 Å². The van der Waals surface area contributed by atoms with Gasteiger partial charge in [0.1, 0.15) is 5.69 Å². The van der Waals surface area contributed by atoms with E-state index in [0.717, 1.165) is 6.41 Å². The number of rotatable bonds is 4. The molecule has 0 spiro atoms. The molecule has 2 amide bonds. The minimum atomic E-state index is -0.363. The van der Waals surface area contributed by atoms with E-state index in [-0.39, 0.29) is 11.6 Å². The summed E-state index contributed by atoms with van der Waals surface area (Å²) in [6, 6.07) is 10.3. The number of hydrogen-bond acceptors (Lipinski definition) is 6. The Balaban J connectivity index is 1.77. The number of piperazine rings is 1. The molecule has 1 aliphatic heterocycles. The number of nitrogens with one attached hydrogen (secondary N) is 1. The topological polar surface area (TPSA) is 102 Å². The van der Waals surface area contributed by atoms with Crippen LogP contribution in [0.4, 0.5) is 11.6 Å². The van der Waals surface area contributed by atoms with Crippen molar-refractivity contribution in [3.05, 3.63) is 47.3 Å². The van der Waals surface area contributed by atoms with Crippen molar-refractivity contribution in [1.29, 1.82) is 5.26 Å². The van der Waals surface area contributed by atoms with Gasteiger partial charge < -0.3 is 15.1 Å². The van der Waals surface area contributed by atoms with Gasteiger partial charge in [-0.3, -0.25) is 9.59 Å². The van der Waals surface area contributed by atoms with Crippen LogP contribution in [0.3, 0.4) is 0 Å². The molecule has 1 aromatic carbocycles. The number of carbonyl (C=O) groups excluding carboxylic acids is 2. The summed E-state index contributed by atoms with van der Waals surface area (Å²) >= 11 is 0. The quantitative estimate of drug-likeness (QED) is 0.831. The van der Waals surface area contributed by atoms with E-state index in [9.17, 15) is 9.59 Å². The van der Waals surface area contributed by atoms with Gasteiger partial charge in [-0.1, -0.05) is 6.07 Å². The van der Waals surface area contributed by atoms with Crippen molar-refractivity contribution in [2.24, 2.45) is 0 Å². The lowest BCUT2D eigenvalue weighted by molar-refractivity contribution is -0.118. The number of benzene rings is 1. The Morgan fingerprint density at radius 2 is 2.00 bits per heavy atom. The summed E-state index contributed by atoms with van der Waals surface area (Å²) in [5.41, 5.74) is 1.94. The predicted octanol–water partition coefficient (Wildman–Crippen LogP) is 1.19. The van der Waals surface area contributed by atoms with E-state index in [4.69, 9.17) is 5.26 Å². The summed E-state index contributed by atoms with van der Waals surface area (Å²) < 4.78 is 0. The molecule has 8 nitrogen and oxygen atoms in total. The summed E-state index contributed by atoms with van der Waals surface area (Å²) in [6.45, 7) is 4.24. The second-order valence-corrected chi connectivity index (χ2v) is 5.97. The fourth-order valence-corrected chi connectivity index (χ4v) is 2.70. The number of aromatic nitrogens is 2. The maximum absolute atomic E-state index is 12.5. The molecule has 0 atom stereocenters. The average Bonchev–Trinajstić information content (AvgIpc) is 2.67. The van der Waals surface area contributed by atoms with Gasteiger partial charge in [-0.05, 0) is 31.2 Å². The molecule has 1 aliphatic rings. The van der Waals surface area contributed by atoms with Gasteiger partial charge in [0.15, 0.2) is 0 Å². The molecule has 26 heavy (non-hydrogen) atoms. The molecule has 1 saturated heterocycles. The van der Waals surface area contributed by atoms with E-state index in [2.05, 4.69) is 15.3 Å². The molecule has 1 N–H and O–H groups in total. The van der Waals surface area contributed by atoms with Crippen LogP contribution in [-0.4, -0.2) is 53.4 Å². The zero-order valence-electron chi connectivity index (χ0n) is 14.3. The van der Waals surface area contributed by atoms with Crippen LogP contribution in [0.25, 0.3) is 0 Å². The normalized spacial score (nSPS) is 13.8. The van der Waals surface area contributed by atoms with Crippen molar-refractivity contribution < 1.29 is 9.59 Å². The van der Waals surface area contributed by atoms with Gasteiger partial charge in [-0.2, -0.15) is 5.26 Å². The fourth-order valence-electron chi connectivity index (χ4n) is 2.70.